The van der Waals surface area contributed by atoms with Crippen molar-refractivity contribution < 1.29 is 4.74 Å². The molecular formula is C17H26O. The van der Waals surface area contributed by atoms with Crippen molar-refractivity contribution in [2.24, 2.45) is 5.92 Å². The molecule has 1 rings (SSSR count). The van der Waals surface area contributed by atoms with Crippen LogP contribution in [0.3, 0.4) is 0 Å². The van der Waals surface area contributed by atoms with Gasteiger partial charge in [-0.15, -0.1) is 6.58 Å². The highest BCUT2D eigenvalue weighted by Crippen LogP contribution is 2.32. The molecule has 0 bridgehead atoms. The average molecular weight is 246 g/mol. The first-order chi connectivity index (χ1) is 8.38. The first-order valence-corrected chi connectivity index (χ1v) is 6.77. The summed E-state index contributed by atoms with van der Waals surface area (Å²) in [6.07, 6.45) is 3.05. The van der Waals surface area contributed by atoms with Crippen molar-refractivity contribution in [1.82, 2.24) is 0 Å². The Morgan fingerprint density at radius 3 is 2.50 bits per heavy atom. The van der Waals surface area contributed by atoms with Crippen molar-refractivity contribution in [1.29, 1.82) is 0 Å². The van der Waals surface area contributed by atoms with Crippen LogP contribution in [0, 0.1) is 5.92 Å². The van der Waals surface area contributed by atoms with Gasteiger partial charge in [0, 0.05) is 0 Å². The Morgan fingerprint density at radius 2 is 2.00 bits per heavy atom. The highest BCUT2D eigenvalue weighted by atomic mass is 16.5. The number of hydrogen-bond acceptors (Lipinski definition) is 1. The van der Waals surface area contributed by atoms with Gasteiger partial charge in [-0.1, -0.05) is 45.9 Å². The van der Waals surface area contributed by atoms with Crippen LogP contribution in [0.1, 0.15) is 45.7 Å². The van der Waals surface area contributed by atoms with E-state index in [4.69, 9.17) is 4.74 Å². The van der Waals surface area contributed by atoms with Crippen LogP contribution in [-0.2, 0) is 11.8 Å². The van der Waals surface area contributed by atoms with Crippen molar-refractivity contribution in [2.45, 2.75) is 46.5 Å². The summed E-state index contributed by atoms with van der Waals surface area (Å²) in [5.41, 5.74) is 2.76. The SMILES string of the molecule is C=CC(C)Cc1ccc(OCC)c(C(C)(C)C)c1. The number of hydrogen-bond donors (Lipinski definition) is 0. The van der Waals surface area contributed by atoms with Crippen LogP contribution in [0.4, 0.5) is 0 Å². The summed E-state index contributed by atoms with van der Waals surface area (Å²) in [5, 5.41) is 0. The van der Waals surface area contributed by atoms with Gasteiger partial charge in [0.15, 0.2) is 0 Å². The van der Waals surface area contributed by atoms with Gasteiger partial charge in [0.2, 0.25) is 0 Å². The topological polar surface area (TPSA) is 9.23 Å². The van der Waals surface area contributed by atoms with Gasteiger partial charge in [-0.2, -0.15) is 0 Å². The van der Waals surface area contributed by atoms with Crippen LogP contribution < -0.4 is 4.74 Å². The van der Waals surface area contributed by atoms with Gasteiger partial charge in [0.25, 0.3) is 0 Å². The molecule has 1 nitrogen and oxygen atoms in total. The van der Waals surface area contributed by atoms with Crippen LogP contribution in [-0.4, -0.2) is 6.61 Å². The van der Waals surface area contributed by atoms with Crippen LogP contribution in [0.5, 0.6) is 5.75 Å². The van der Waals surface area contributed by atoms with Crippen molar-refractivity contribution in [2.75, 3.05) is 6.61 Å². The minimum Gasteiger partial charge on any atom is -0.494 e. The maximum atomic E-state index is 5.73. The maximum Gasteiger partial charge on any atom is 0.123 e. The Balaban J connectivity index is 3.09. The summed E-state index contributed by atoms with van der Waals surface area (Å²) < 4.78 is 5.73. The fourth-order valence-electron chi connectivity index (χ4n) is 2.03. The Labute approximate surface area is 112 Å². The molecule has 100 valence electrons. The van der Waals surface area contributed by atoms with Gasteiger partial charge >= 0.3 is 0 Å². The molecule has 1 aromatic carbocycles. The Morgan fingerprint density at radius 1 is 1.33 bits per heavy atom. The predicted octanol–water partition coefficient (Wildman–Crippen LogP) is 4.75. The lowest BCUT2D eigenvalue weighted by Gasteiger charge is -2.24. The molecule has 0 N–H and O–H groups in total. The van der Waals surface area contributed by atoms with Crippen molar-refractivity contribution in [3.8, 4) is 5.75 Å². The Hall–Kier alpha value is -1.24. The van der Waals surface area contributed by atoms with Crippen molar-refractivity contribution >= 4 is 0 Å². The van der Waals surface area contributed by atoms with Gasteiger partial charge in [-0.05, 0) is 41.9 Å². The fraction of sp³-hybridized carbons (Fsp3) is 0.529. The number of rotatable bonds is 5. The molecular weight excluding hydrogens is 220 g/mol. The molecule has 0 radical (unpaired) electrons. The molecule has 1 atom stereocenters. The normalized spacial score (nSPS) is 13.2. The average Bonchev–Trinajstić information content (AvgIpc) is 2.30. The second kappa shape index (κ2) is 6.08. The molecule has 0 fully saturated rings. The summed E-state index contributed by atoms with van der Waals surface area (Å²) in [6.45, 7) is 15.5. The van der Waals surface area contributed by atoms with E-state index in [0.717, 1.165) is 12.2 Å². The first-order valence-electron chi connectivity index (χ1n) is 6.77. The quantitative estimate of drug-likeness (QED) is 0.681. The van der Waals surface area contributed by atoms with Gasteiger partial charge in [-0.25, -0.2) is 0 Å². The molecule has 0 aromatic heterocycles. The lowest BCUT2D eigenvalue weighted by Crippen LogP contribution is -2.14. The van der Waals surface area contributed by atoms with Crippen LogP contribution in [0.15, 0.2) is 30.9 Å². The van der Waals surface area contributed by atoms with E-state index in [-0.39, 0.29) is 5.41 Å². The zero-order valence-electron chi connectivity index (χ0n) is 12.4. The monoisotopic (exact) mass is 246 g/mol. The lowest BCUT2D eigenvalue weighted by atomic mass is 9.84. The molecule has 0 amide bonds. The highest BCUT2D eigenvalue weighted by Gasteiger charge is 2.19. The summed E-state index contributed by atoms with van der Waals surface area (Å²) >= 11 is 0. The first kappa shape index (κ1) is 14.8. The Kier molecular flexibility index (Phi) is 5.01. The van der Waals surface area contributed by atoms with E-state index < -0.39 is 0 Å². The smallest absolute Gasteiger partial charge is 0.123 e. The molecule has 1 unspecified atom stereocenters. The number of ether oxygens (including phenoxy) is 1. The van der Waals surface area contributed by atoms with Gasteiger partial charge in [-0.3, -0.25) is 0 Å². The number of allylic oxidation sites excluding steroid dienone is 1. The Bertz CT molecular complexity index is 399. The summed E-state index contributed by atoms with van der Waals surface area (Å²) in [6, 6.07) is 6.56. The second-order valence-corrected chi connectivity index (χ2v) is 5.93. The third-order valence-electron chi connectivity index (χ3n) is 3.11. The molecule has 0 saturated carbocycles. The summed E-state index contributed by atoms with van der Waals surface area (Å²) in [7, 11) is 0. The molecule has 18 heavy (non-hydrogen) atoms. The third-order valence-corrected chi connectivity index (χ3v) is 3.11. The van der Waals surface area contributed by atoms with Crippen LogP contribution in [0.25, 0.3) is 0 Å². The van der Waals surface area contributed by atoms with Crippen LogP contribution in [0.2, 0.25) is 0 Å². The van der Waals surface area contributed by atoms with E-state index >= 15 is 0 Å². The van der Waals surface area contributed by atoms with Crippen LogP contribution >= 0.6 is 0 Å². The number of benzene rings is 1. The standard InChI is InChI=1S/C17H26O/c1-7-13(3)11-14-9-10-16(18-8-2)15(12-14)17(4,5)6/h7,9-10,12-13H,1,8,11H2,2-6H3. The summed E-state index contributed by atoms with van der Waals surface area (Å²) in [5.74, 6) is 1.52. The molecule has 0 heterocycles. The second-order valence-electron chi connectivity index (χ2n) is 5.93. The molecule has 0 aliphatic rings. The molecule has 1 aromatic rings. The van der Waals surface area contributed by atoms with E-state index in [0.29, 0.717) is 12.5 Å². The molecule has 0 spiro atoms. The maximum absolute atomic E-state index is 5.73. The van der Waals surface area contributed by atoms with Crippen molar-refractivity contribution in [3.05, 3.63) is 42.0 Å². The minimum atomic E-state index is 0.109. The molecule has 0 saturated heterocycles. The predicted molar refractivity (Wildman–Crippen MR) is 79.4 cm³/mol. The van der Waals surface area contributed by atoms with Gasteiger partial charge < -0.3 is 4.74 Å². The van der Waals surface area contributed by atoms with E-state index in [9.17, 15) is 0 Å². The molecule has 0 aliphatic heterocycles. The lowest BCUT2D eigenvalue weighted by molar-refractivity contribution is 0.329. The fourth-order valence-corrected chi connectivity index (χ4v) is 2.03. The van der Waals surface area contributed by atoms with E-state index in [1.165, 1.54) is 11.1 Å². The summed E-state index contributed by atoms with van der Waals surface area (Å²) in [4.78, 5) is 0. The van der Waals surface area contributed by atoms with E-state index in [2.05, 4.69) is 52.5 Å². The van der Waals surface area contributed by atoms with E-state index in [1.807, 2.05) is 13.0 Å². The van der Waals surface area contributed by atoms with Crippen molar-refractivity contribution in [3.63, 3.8) is 0 Å². The van der Waals surface area contributed by atoms with Gasteiger partial charge in [0.1, 0.15) is 5.75 Å². The largest absolute Gasteiger partial charge is 0.494 e. The molecule has 1 heteroatoms. The van der Waals surface area contributed by atoms with E-state index in [1.54, 1.807) is 0 Å². The zero-order valence-corrected chi connectivity index (χ0v) is 12.4. The highest BCUT2D eigenvalue weighted by molar-refractivity contribution is 5.41. The zero-order chi connectivity index (χ0) is 13.8. The van der Waals surface area contributed by atoms with Gasteiger partial charge in [0.05, 0.1) is 6.61 Å². The minimum absolute atomic E-state index is 0.109. The third kappa shape index (κ3) is 3.90. The molecule has 0 aliphatic carbocycles.